The number of aryl methyl sites for hydroxylation is 2. The number of amides is 1. The lowest BCUT2D eigenvalue weighted by Crippen LogP contribution is -2.46. The van der Waals surface area contributed by atoms with Gasteiger partial charge in [-0.05, 0) is 56.8 Å². The van der Waals surface area contributed by atoms with Gasteiger partial charge in [0.05, 0.1) is 12.8 Å². The molecule has 0 aliphatic carbocycles. The highest BCUT2D eigenvalue weighted by Crippen LogP contribution is 2.28. The van der Waals surface area contributed by atoms with E-state index in [1.165, 1.54) is 24.2 Å². The Hall–Kier alpha value is -2.54. The van der Waals surface area contributed by atoms with Gasteiger partial charge in [0.15, 0.2) is 0 Å². The Morgan fingerprint density at radius 1 is 1.06 bits per heavy atom. The maximum absolute atomic E-state index is 12.3. The number of carbonyl (C=O) groups is 1. The third-order valence-electron chi connectivity index (χ3n) is 6.38. The number of nitrogens with one attached hydrogen (secondary N) is 1. The largest absolute Gasteiger partial charge is 0.495 e. The summed E-state index contributed by atoms with van der Waals surface area (Å²) in [6.07, 6.45) is 6.71. The van der Waals surface area contributed by atoms with Crippen LogP contribution in [0.2, 0.25) is 0 Å². The van der Waals surface area contributed by atoms with Crippen LogP contribution in [0.25, 0.3) is 0 Å². The summed E-state index contributed by atoms with van der Waals surface area (Å²) in [6.45, 7) is 7.02. The highest BCUT2D eigenvalue weighted by atomic mass is 16.5. The summed E-state index contributed by atoms with van der Waals surface area (Å²) in [4.78, 5) is 17.3. The average molecular weight is 426 g/mol. The van der Waals surface area contributed by atoms with Crippen LogP contribution in [0, 0.1) is 0 Å². The van der Waals surface area contributed by atoms with Crippen molar-refractivity contribution in [2.24, 2.45) is 0 Å². The summed E-state index contributed by atoms with van der Waals surface area (Å²) >= 11 is 0. The van der Waals surface area contributed by atoms with Crippen LogP contribution in [-0.4, -0.2) is 67.0 Å². The molecule has 2 aliphatic rings. The molecular weight excluding hydrogens is 390 g/mol. The fourth-order valence-corrected chi connectivity index (χ4v) is 4.56. The van der Waals surface area contributed by atoms with E-state index in [4.69, 9.17) is 4.74 Å². The molecule has 2 aromatic rings. The summed E-state index contributed by atoms with van der Waals surface area (Å²) in [5.74, 6) is 0.920. The third-order valence-corrected chi connectivity index (χ3v) is 6.38. The van der Waals surface area contributed by atoms with Gasteiger partial charge in [0, 0.05) is 45.0 Å². The van der Waals surface area contributed by atoms with Gasteiger partial charge in [-0.3, -0.25) is 14.4 Å². The van der Waals surface area contributed by atoms with E-state index < -0.39 is 0 Å². The van der Waals surface area contributed by atoms with Crippen LogP contribution < -0.4 is 15.0 Å². The van der Waals surface area contributed by atoms with Crippen molar-refractivity contribution in [3.8, 4) is 5.75 Å². The normalized spacial score (nSPS) is 16.7. The number of hydrogen-bond donors (Lipinski definition) is 1. The zero-order valence-corrected chi connectivity index (χ0v) is 18.7. The molecule has 1 N–H and O–H groups in total. The number of benzene rings is 1. The lowest BCUT2D eigenvalue weighted by atomic mass is 10.1. The summed E-state index contributed by atoms with van der Waals surface area (Å²) < 4.78 is 7.50. The molecule has 3 heterocycles. The highest BCUT2D eigenvalue weighted by molar-refractivity contribution is 5.92. The van der Waals surface area contributed by atoms with Crippen molar-refractivity contribution >= 4 is 11.6 Å². The Morgan fingerprint density at radius 2 is 1.90 bits per heavy atom. The number of para-hydroxylation sites is 2. The minimum absolute atomic E-state index is 0.0330. The van der Waals surface area contributed by atoms with Gasteiger partial charge >= 0.3 is 0 Å². The van der Waals surface area contributed by atoms with Crippen LogP contribution in [0.5, 0.6) is 5.75 Å². The Morgan fingerprint density at radius 3 is 2.71 bits per heavy atom. The van der Waals surface area contributed by atoms with E-state index in [2.05, 4.69) is 32.3 Å². The van der Waals surface area contributed by atoms with Gasteiger partial charge < -0.3 is 15.0 Å². The monoisotopic (exact) mass is 425 g/mol. The smallest absolute Gasteiger partial charge is 0.271 e. The molecule has 0 saturated carbocycles. The fourth-order valence-electron chi connectivity index (χ4n) is 4.56. The zero-order chi connectivity index (χ0) is 21.5. The van der Waals surface area contributed by atoms with Crippen LogP contribution in [0.3, 0.4) is 0 Å². The van der Waals surface area contributed by atoms with Crippen molar-refractivity contribution in [1.29, 1.82) is 0 Å². The first kappa shape index (κ1) is 21.7. The van der Waals surface area contributed by atoms with Crippen molar-refractivity contribution in [2.75, 3.05) is 51.3 Å². The summed E-state index contributed by atoms with van der Waals surface area (Å²) in [6, 6.07) is 10.2. The van der Waals surface area contributed by atoms with E-state index in [0.717, 1.165) is 77.2 Å². The predicted octanol–water partition coefficient (Wildman–Crippen LogP) is 2.95. The molecule has 1 aromatic heterocycles. The van der Waals surface area contributed by atoms with Gasteiger partial charge in [-0.15, -0.1) is 0 Å². The highest BCUT2D eigenvalue weighted by Gasteiger charge is 2.19. The van der Waals surface area contributed by atoms with Crippen molar-refractivity contribution in [1.82, 2.24) is 20.0 Å². The summed E-state index contributed by atoms with van der Waals surface area (Å²) in [5, 5.41) is 7.49. The topological polar surface area (TPSA) is 62.6 Å². The number of unbranched alkanes of at least 4 members (excludes halogenated alkanes) is 2. The summed E-state index contributed by atoms with van der Waals surface area (Å²) in [7, 11) is 1.74. The quantitative estimate of drug-likeness (QED) is 0.626. The van der Waals surface area contributed by atoms with Gasteiger partial charge in [-0.2, -0.15) is 5.10 Å². The molecule has 1 fully saturated rings. The van der Waals surface area contributed by atoms with Crippen molar-refractivity contribution < 1.29 is 9.53 Å². The molecule has 0 bridgehead atoms. The molecule has 0 radical (unpaired) electrons. The Kier molecular flexibility index (Phi) is 7.46. The number of aromatic nitrogens is 2. The Bertz CT molecular complexity index is 834. The Balaban J connectivity index is 1.09. The molecule has 1 aromatic carbocycles. The van der Waals surface area contributed by atoms with Gasteiger partial charge in [0.2, 0.25) is 0 Å². The first-order valence-electron chi connectivity index (χ1n) is 11.7. The average Bonchev–Trinajstić information content (AvgIpc) is 3.26. The zero-order valence-electron chi connectivity index (χ0n) is 18.7. The van der Waals surface area contributed by atoms with Crippen LogP contribution >= 0.6 is 0 Å². The van der Waals surface area contributed by atoms with E-state index in [1.807, 2.05) is 22.9 Å². The molecule has 2 aliphatic heterocycles. The predicted molar refractivity (Wildman–Crippen MR) is 123 cm³/mol. The van der Waals surface area contributed by atoms with Crippen LogP contribution in [0.15, 0.2) is 30.3 Å². The molecule has 1 amide bonds. The lowest BCUT2D eigenvalue weighted by molar-refractivity contribution is 0.0947. The van der Waals surface area contributed by atoms with E-state index >= 15 is 0 Å². The van der Waals surface area contributed by atoms with Gasteiger partial charge in [0.25, 0.3) is 5.91 Å². The standard InChI is InChI=1S/C24H35N5O2/c1-31-23-11-4-3-10-22(23)28-17-15-27(16-18-28)13-7-2-6-12-25-24(30)21-19-20-9-5-8-14-29(20)26-21/h3-4,10-11,19H,2,5-9,12-18H2,1H3,(H,25,30). The number of nitrogens with zero attached hydrogens (tertiary/aromatic N) is 4. The number of carbonyl (C=O) groups excluding carboxylic acids is 1. The molecule has 168 valence electrons. The van der Waals surface area contributed by atoms with Crippen LogP contribution in [0.1, 0.15) is 48.3 Å². The minimum atomic E-state index is -0.0330. The van der Waals surface area contributed by atoms with Crippen LogP contribution in [-0.2, 0) is 13.0 Å². The van der Waals surface area contributed by atoms with E-state index in [0.29, 0.717) is 5.69 Å². The summed E-state index contributed by atoms with van der Waals surface area (Å²) in [5.41, 5.74) is 2.96. The fraction of sp³-hybridized carbons (Fsp3) is 0.583. The molecule has 7 nitrogen and oxygen atoms in total. The maximum atomic E-state index is 12.3. The Labute approximate surface area is 185 Å². The molecule has 4 rings (SSSR count). The molecule has 1 saturated heterocycles. The lowest BCUT2D eigenvalue weighted by Gasteiger charge is -2.36. The van der Waals surface area contributed by atoms with Crippen molar-refractivity contribution in [3.05, 3.63) is 41.7 Å². The number of methoxy groups -OCH3 is 1. The van der Waals surface area contributed by atoms with Gasteiger partial charge in [0.1, 0.15) is 11.4 Å². The SMILES string of the molecule is COc1ccccc1N1CCN(CCCCCNC(=O)c2cc3n(n2)CCCC3)CC1. The molecule has 31 heavy (non-hydrogen) atoms. The van der Waals surface area contributed by atoms with E-state index in [-0.39, 0.29) is 5.91 Å². The second kappa shape index (κ2) is 10.7. The second-order valence-corrected chi connectivity index (χ2v) is 8.52. The van der Waals surface area contributed by atoms with Crippen molar-refractivity contribution in [2.45, 2.75) is 45.1 Å². The van der Waals surface area contributed by atoms with E-state index in [9.17, 15) is 4.79 Å². The third kappa shape index (κ3) is 5.58. The van der Waals surface area contributed by atoms with Gasteiger partial charge in [-0.1, -0.05) is 18.6 Å². The first-order chi connectivity index (χ1) is 15.2. The number of rotatable bonds is 9. The number of ether oxygens (including phenoxy) is 1. The number of fused-ring (bicyclic) bond motifs is 1. The number of piperazine rings is 1. The van der Waals surface area contributed by atoms with Gasteiger partial charge in [-0.25, -0.2) is 0 Å². The molecular formula is C24H35N5O2. The maximum Gasteiger partial charge on any atom is 0.271 e. The van der Waals surface area contributed by atoms with Crippen molar-refractivity contribution in [3.63, 3.8) is 0 Å². The molecule has 7 heteroatoms. The molecule has 0 unspecified atom stereocenters. The molecule has 0 atom stereocenters. The number of hydrogen-bond acceptors (Lipinski definition) is 5. The molecule has 0 spiro atoms. The first-order valence-corrected chi connectivity index (χ1v) is 11.7. The number of anilines is 1. The van der Waals surface area contributed by atoms with Crippen LogP contribution in [0.4, 0.5) is 5.69 Å². The second-order valence-electron chi connectivity index (χ2n) is 8.52. The minimum Gasteiger partial charge on any atom is -0.495 e. The van der Waals surface area contributed by atoms with E-state index in [1.54, 1.807) is 7.11 Å².